The Hall–Kier alpha value is -2.34. The molecule has 2 aliphatic carbocycles. The molecule has 6 heteroatoms. The molecule has 1 aromatic carbocycles. The number of aryl methyl sites for hydroxylation is 1. The quantitative estimate of drug-likeness (QED) is 0.507. The van der Waals surface area contributed by atoms with Crippen LogP contribution in [0.5, 0.6) is 0 Å². The summed E-state index contributed by atoms with van der Waals surface area (Å²) < 4.78 is 26.0. The van der Waals surface area contributed by atoms with Gasteiger partial charge in [-0.05, 0) is 87.3 Å². The van der Waals surface area contributed by atoms with E-state index in [1.165, 1.54) is 19.3 Å². The molecule has 2 heterocycles. The Morgan fingerprint density at radius 2 is 1.81 bits per heavy atom. The molecule has 2 aromatic heterocycles. The molecule has 0 amide bonds. The van der Waals surface area contributed by atoms with Crippen molar-refractivity contribution in [2.75, 3.05) is 5.32 Å². The van der Waals surface area contributed by atoms with Crippen LogP contribution in [0.3, 0.4) is 0 Å². The van der Waals surface area contributed by atoms with E-state index < -0.39 is 9.84 Å². The molecule has 0 atom stereocenters. The van der Waals surface area contributed by atoms with Gasteiger partial charge in [0.25, 0.3) is 0 Å². The summed E-state index contributed by atoms with van der Waals surface area (Å²) in [5.41, 5.74) is 4.74. The first-order valence-electron chi connectivity index (χ1n) is 11.5. The number of H-pyrrole nitrogens is 1. The topological polar surface area (TPSA) is 74.8 Å². The van der Waals surface area contributed by atoms with Crippen molar-refractivity contribution in [1.82, 2.24) is 9.97 Å². The minimum atomic E-state index is -3.26. The van der Waals surface area contributed by atoms with Crippen LogP contribution in [0.4, 0.5) is 5.69 Å². The van der Waals surface area contributed by atoms with Gasteiger partial charge in [-0.3, -0.25) is 0 Å². The number of aromatic nitrogens is 2. The molecular weight excluding hydrogens is 406 g/mol. The fourth-order valence-electron chi connectivity index (χ4n) is 4.94. The predicted octanol–water partition coefficient (Wildman–Crippen LogP) is 5.86. The maximum Gasteiger partial charge on any atom is 0.181 e. The summed E-state index contributed by atoms with van der Waals surface area (Å²) in [5, 5.41) is 4.57. The Morgan fingerprint density at radius 1 is 1.03 bits per heavy atom. The van der Waals surface area contributed by atoms with E-state index in [0.717, 1.165) is 65.1 Å². The Morgan fingerprint density at radius 3 is 2.52 bits per heavy atom. The van der Waals surface area contributed by atoms with E-state index in [4.69, 9.17) is 0 Å². The lowest BCUT2D eigenvalue weighted by Crippen LogP contribution is -2.26. The van der Waals surface area contributed by atoms with Crippen molar-refractivity contribution in [2.24, 2.45) is 5.92 Å². The Kier molecular flexibility index (Phi) is 5.29. The van der Waals surface area contributed by atoms with Gasteiger partial charge in [0.15, 0.2) is 9.84 Å². The Balaban J connectivity index is 1.58. The van der Waals surface area contributed by atoms with Crippen molar-refractivity contribution in [2.45, 2.75) is 75.0 Å². The number of nitrogens with zero attached hydrogens (tertiary/aromatic N) is 1. The number of nitrogens with one attached hydrogen (secondary N) is 2. The van der Waals surface area contributed by atoms with Gasteiger partial charge in [0.2, 0.25) is 0 Å². The van der Waals surface area contributed by atoms with Crippen LogP contribution in [0.15, 0.2) is 41.4 Å². The van der Waals surface area contributed by atoms with Crippen LogP contribution in [0.1, 0.15) is 57.6 Å². The van der Waals surface area contributed by atoms with Crippen LogP contribution in [-0.2, 0) is 9.84 Å². The minimum Gasteiger partial charge on any atom is -0.382 e. The van der Waals surface area contributed by atoms with Crippen LogP contribution in [0.25, 0.3) is 22.2 Å². The molecule has 2 saturated carbocycles. The van der Waals surface area contributed by atoms with Crippen LogP contribution in [-0.4, -0.2) is 29.7 Å². The van der Waals surface area contributed by atoms with Gasteiger partial charge in [-0.25, -0.2) is 13.4 Å². The van der Waals surface area contributed by atoms with E-state index in [1.54, 1.807) is 6.07 Å². The molecule has 2 aliphatic rings. The lowest BCUT2D eigenvalue weighted by molar-refractivity contribution is 0.330. The highest BCUT2D eigenvalue weighted by atomic mass is 32.2. The molecule has 0 unspecified atom stereocenters. The second-order valence-electron chi connectivity index (χ2n) is 9.27. The highest BCUT2D eigenvalue weighted by Gasteiger charge is 2.37. The number of hydrogen-bond donors (Lipinski definition) is 2. The lowest BCUT2D eigenvalue weighted by atomic mass is 9.84. The summed E-state index contributed by atoms with van der Waals surface area (Å²) in [7, 11) is -3.26. The fraction of sp³-hybridized carbons (Fsp3) is 0.480. The van der Waals surface area contributed by atoms with Crippen molar-refractivity contribution in [3.8, 4) is 11.1 Å². The highest BCUT2D eigenvalue weighted by molar-refractivity contribution is 7.92. The molecule has 5 nitrogen and oxygen atoms in total. The molecule has 2 fully saturated rings. The normalized spacial score (nSPS) is 22.0. The number of hydrogen-bond acceptors (Lipinski definition) is 4. The van der Waals surface area contributed by atoms with Gasteiger partial charge in [-0.2, -0.15) is 0 Å². The first kappa shape index (κ1) is 20.6. The van der Waals surface area contributed by atoms with Crippen molar-refractivity contribution in [3.05, 3.63) is 42.2 Å². The van der Waals surface area contributed by atoms with E-state index in [2.05, 4.69) is 28.3 Å². The summed E-state index contributed by atoms with van der Waals surface area (Å²) in [6.45, 7) is 4.26. The molecule has 164 valence electrons. The number of aromatic amines is 1. The fourth-order valence-corrected chi connectivity index (χ4v) is 6.62. The van der Waals surface area contributed by atoms with Crippen LogP contribution >= 0.6 is 0 Å². The number of rotatable bonds is 6. The lowest BCUT2D eigenvalue weighted by Gasteiger charge is -2.30. The molecular formula is C25H31N3O2S. The molecule has 2 N–H and O–H groups in total. The van der Waals surface area contributed by atoms with Gasteiger partial charge in [0.1, 0.15) is 5.65 Å². The molecule has 31 heavy (non-hydrogen) atoms. The van der Waals surface area contributed by atoms with Crippen molar-refractivity contribution in [3.63, 3.8) is 0 Å². The number of benzene rings is 1. The van der Waals surface area contributed by atoms with Gasteiger partial charge >= 0.3 is 0 Å². The average molecular weight is 438 g/mol. The summed E-state index contributed by atoms with van der Waals surface area (Å²) in [4.78, 5) is 8.24. The van der Waals surface area contributed by atoms with E-state index in [9.17, 15) is 8.42 Å². The first-order valence-corrected chi connectivity index (χ1v) is 13.1. The van der Waals surface area contributed by atoms with Crippen LogP contribution in [0.2, 0.25) is 0 Å². The zero-order chi connectivity index (χ0) is 21.6. The van der Waals surface area contributed by atoms with Crippen molar-refractivity contribution < 1.29 is 8.42 Å². The SMILES string of the molecule is CCC1CCC(Nc2ccc(S(=O)(=O)C3CC3)cc2-c2cc(C)nc3[nH]ccc23)CC1. The number of fused-ring (bicyclic) bond motifs is 1. The second kappa shape index (κ2) is 7.97. The monoisotopic (exact) mass is 437 g/mol. The molecule has 0 spiro atoms. The number of anilines is 1. The van der Waals surface area contributed by atoms with Gasteiger partial charge in [0.05, 0.1) is 10.1 Å². The van der Waals surface area contributed by atoms with Gasteiger partial charge in [-0.1, -0.05) is 13.3 Å². The van der Waals surface area contributed by atoms with E-state index in [1.807, 2.05) is 31.3 Å². The molecule has 3 aromatic rings. The Labute approximate surface area is 184 Å². The van der Waals surface area contributed by atoms with Gasteiger partial charge < -0.3 is 10.3 Å². The Bertz CT molecular complexity index is 1200. The summed E-state index contributed by atoms with van der Waals surface area (Å²) >= 11 is 0. The first-order chi connectivity index (χ1) is 15.0. The third-order valence-electron chi connectivity index (χ3n) is 7.01. The average Bonchev–Trinajstić information content (AvgIpc) is 3.53. The smallest absolute Gasteiger partial charge is 0.181 e. The highest BCUT2D eigenvalue weighted by Crippen LogP contribution is 2.40. The third kappa shape index (κ3) is 3.98. The predicted molar refractivity (Wildman–Crippen MR) is 126 cm³/mol. The van der Waals surface area contributed by atoms with E-state index in [0.29, 0.717) is 10.9 Å². The van der Waals surface area contributed by atoms with Gasteiger partial charge in [-0.15, -0.1) is 0 Å². The summed E-state index contributed by atoms with van der Waals surface area (Å²) in [5.74, 6) is 0.839. The van der Waals surface area contributed by atoms with E-state index >= 15 is 0 Å². The largest absolute Gasteiger partial charge is 0.382 e. The second-order valence-corrected chi connectivity index (χ2v) is 11.5. The summed E-state index contributed by atoms with van der Waals surface area (Å²) in [6, 6.07) is 10.2. The zero-order valence-electron chi connectivity index (χ0n) is 18.3. The molecule has 0 aliphatic heterocycles. The molecule has 5 rings (SSSR count). The van der Waals surface area contributed by atoms with E-state index in [-0.39, 0.29) is 5.25 Å². The van der Waals surface area contributed by atoms with Crippen molar-refractivity contribution in [1.29, 1.82) is 0 Å². The molecule has 0 radical (unpaired) electrons. The minimum absolute atomic E-state index is 0.213. The van der Waals surface area contributed by atoms with Gasteiger partial charge in [0, 0.05) is 34.6 Å². The molecule has 0 saturated heterocycles. The molecule has 0 bridgehead atoms. The third-order valence-corrected chi connectivity index (χ3v) is 9.27. The van der Waals surface area contributed by atoms with Crippen molar-refractivity contribution >= 4 is 26.6 Å². The van der Waals surface area contributed by atoms with Crippen LogP contribution < -0.4 is 5.32 Å². The van der Waals surface area contributed by atoms with Crippen LogP contribution in [0, 0.1) is 12.8 Å². The standard InChI is InChI=1S/C25H31N3O2S/c1-3-17-4-6-18(7-5-17)28-24-11-10-20(31(29,30)19-8-9-19)15-23(24)22-14-16(2)27-25-21(22)12-13-26-25/h10-15,17-19,28H,3-9H2,1-2H3,(H,26,27). The maximum absolute atomic E-state index is 13.0. The number of sulfone groups is 1. The summed E-state index contributed by atoms with van der Waals surface area (Å²) in [6.07, 6.45) is 9.54. The number of pyridine rings is 1. The zero-order valence-corrected chi connectivity index (χ0v) is 19.1. The maximum atomic E-state index is 13.0.